The highest BCUT2D eigenvalue weighted by atomic mass is 35.5. The van der Waals surface area contributed by atoms with Gasteiger partial charge in [0.25, 0.3) is 0 Å². The zero-order valence-corrected chi connectivity index (χ0v) is 12.5. The highest BCUT2D eigenvalue weighted by Gasteiger charge is 2.33. The van der Waals surface area contributed by atoms with Gasteiger partial charge in [0.2, 0.25) is 0 Å². The number of hydrogen-bond acceptors (Lipinski definition) is 2. The molecule has 0 radical (unpaired) electrons. The van der Waals surface area contributed by atoms with Crippen LogP contribution in [0.2, 0.25) is 5.02 Å². The van der Waals surface area contributed by atoms with Crippen LogP contribution in [0.15, 0.2) is 48.2 Å². The van der Waals surface area contributed by atoms with E-state index in [9.17, 15) is 0 Å². The fourth-order valence-electron chi connectivity index (χ4n) is 1.70. The third-order valence-corrected chi connectivity index (χ3v) is 3.39. The van der Waals surface area contributed by atoms with Crippen molar-refractivity contribution in [1.82, 2.24) is 0 Å². The highest BCUT2D eigenvalue weighted by Crippen LogP contribution is 2.33. The van der Waals surface area contributed by atoms with Crippen LogP contribution in [0.3, 0.4) is 0 Å². The molecule has 6 heteroatoms. The molecule has 0 aromatic heterocycles. The molecule has 0 aliphatic heterocycles. The van der Waals surface area contributed by atoms with E-state index in [1.807, 2.05) is 24.3 Å². The first-order valence-electron chi connectivity index (χ1n) is 4.88. The number of rotatable bonds is 1. The van der Waals surface area contributed by atoms with Gasteiger partial charge in [0.05, 0.1) is 10.9 Å². The van der Waals surface area contributed by atoms with Crippen LogP contribution in [0, 0.1) is 0 Å². The van der Waals surface area contributed by atoms with Crippen molar-refractivity contribution in [3.8, 4) is 0 Å². The predicted molar refractivity (Wildman–Crippen MR) is 82.9 cm³/mol. The number of allylic oxidation sites excluding steroid dienone is 1. The smallest absolute Gasteiger partial charge is 0.0802 e. The molecule has 0 heterocycles. The van der Waals surface area contributed by atoms with Crippen molar-refractivity contribution in [1.29, 1.82) is 0 Å². The van der Waals surface area contributed by atoms with E-state index in [0.29, 0.717) is 10.7 Å². The molecule has 1 aromatic carbocycles. The third kappa shape index (κ3) is 3.34. The zero-order chi connectivity index (χ0) is 11.8. The molecule has 0 saturated heterocycles. The van der Waals surface area contributed by atoms with E-state index in [0.717, 1.165) is 5.56 Å². The van der Waals surface area contributed by atoms with Crippen LogP contribution >= 0.6 is 48.0 Å². The van der Waals surface area contributed by atoms with Gasteiger partial charge in [-0.05, 0) is 29.8 Å². The van der Waals surface area contributed by atoms with Crippen LogP contribution in [-0.4, -0.2) is 5.38 Å². The molecule has 2 rings (SSSR count). The van der Waals surface area contributed by atoms with Crippen LogP contribution in [0.5, 0.6) is 0 Å². The summed E-state index contributed by atoms with van der Waals surface area (Å²) >= 11 is 12.2. The molecule has 1 aromatic rings. The maximum atomic E-state index is 6.28. The minimum atomic E-state index is -0.755. The lowest BCUT2D eigenvalue weighted by Crippen LogP contribution is -2.44. The number of benzene rings is 1. The fourth-order valence-corrected chi connectivity index (χ4v) is 2.24. The van der Waals surface area contributed by atoms with E-state index < -0.39 is 5.54 Å². The molecular formula is C12H14Cl4N2. The van der Waals surface area contributed by atoms with Crippen molar-refractivity contribution in [3.05, 3.63) is 58.8 Å². The van der Waals surface area contributed by atoms with E-state index in [-0.39, 0.29) is 30.2 Å². The molecule has 0 bridgehead atoms. The summed E-state index contributed by atoms with van der Waals surface area (Å²) in [5, 5.41) is 0.262. The summed E-state index contributed by atoms with van der Waals surface area (Å²) in [5.41, 5.74) is 12.7. The first kappa shape index (κ1) is 17.6. The van der Waals surface area contributed by atoms with Gasteiger partial charge in [-0.1, -0.05) is 29.8 Å². The molecule has 4 N–H and O–H groups in total. The average Bonchev–Trinajstić information content (AvgIpc) is 2.24. The molecule has 0 saturated carbocycles. The standard InChI is InChI=1S/C12H12Cl2N2.2ClH/c13-9-3-1-2-8(6-9)12(16)5-4-10(15)7-11(12)14;;/h1-7,11H,15-16H2;2*1H. The Bertz CT molecular complexity index is 473. The van der Waals surface area contributed by atoms with Crippen molar-refractivity contribution in [2.24, 2.45) is 11.5 Å². The molecule has 0 spiro atoms. The van der Waals surface area contributed by atoms with Gasteiger partial charge >= 0.3 is 0 Å². The lowest BCUT2D eigenvalue weighted by molar-refractivity contribution is 0.569. The van der Waals surface area contributed by atoms with Crippen molar-refractivity contribution < 1.29 is 0 Å². The summed E-state index contributed by atoms with van der Waals surface area (Å²) in [7, 11) is 0. The third-order valence-electron chi connectivity index (χ3n) is 2.67. The van der Waals surface area contributed by atoms with Crippen molar-refractivity contribution in [2.45, 2.75) is 10.9 Å². The molecule has 2 nitrogen and oxygen atoms in total. The van der Waals surface area contributed by atoms with Crippen LogP contribution in [-0.2, 0) is 5.54 Å². The van der Waals surface area contributed by atoms with Gasteiger partial charge in [0.15, 0.2) is 0 Å². The molecule has 2 atom stereocenters. The normalized spacial score (nSPS) is 25.7. The minimum Gasteiger partial charge on any atom is -0.399 e. The number of nitrogens with two attached hydrogens (primary N) is 2. The highest BCUT2D eigenvalue weighted by molar-refractivity contribution is 6.30. The predicted octanol–water partition coefficient (Wildman–Crippen LogP) is 3.36. The quantitative estimate of drug-likeness (QED) is 0.777. The summed E-state index contributed by atoms with van der Waals surface area (Å²) in [6.07, 6.45) is 5.31. The monoisotopic (exact) mass is 326 g/mol. The molecule has 1 aliphatic carbocycles. The largest absolute Gasteiger partial charge is 0.399 e. The van der Waals surface area contributed by atoms with E-state index in [2.05, 4.69) is 0 Å². The number of halogens is 4. The Morgan fingerprint density at radius 2 is 1.89 bits per heavy atom. The van der Waals surface area contributed by atoms with Gasteiger partial charge in [-0.2, -0.15) is 0 Å². The SMILES string of the molecule is Cl.Cl.NC1=CC(Cl)C(N)(c2cccc(Cl)c2)C=C1. The Kier molecular flexibility index (Phi) is 6.55. The molecule has 0 amide bonds. The Morgan fingerprint density at radius 3 is 2.44 bits per heavy atom. The summed E-state index contributed by atoms with van der Waals surface area (Å²) in [6, 6.07) is 7.37. The van der Waals surface area contributed by atoms with Gasteiger partial charge < -0.3 is 11.5 Å². The topological polar surface area (TPSA) is 52.0 Å². The lowest BCUT2D eigenvalue weighted by Gasteiger charge is -2.32. The van der Waals surface area contributed by atoms with Crippen LogP contribution in [0.4, 0.5) is 0 Å². The van der Waals surface area contributed by atoms with Crippen LogP contribution < -0.4 is 11.5 Å². The van der Waals surface area contributed by atoms with Crippen molar-refractivity contribution in [3.63, 3.8) is 0 Å². The van der Waals surface area contributed by atoms with Gasteiger partial charge in [0, 0.05) is 10.7 Å². The number of hydrogen-bond donors (Lipinski definition) is 2. The summed E-state index contributed by atoms with van der Waals surface area (Å²) < 4.78 is 0. The maximum Gasteiger partial charge on any atom is 0.0802 e. The second-order valence-corrected chi connectivity index (χ2v) is 4.75. The second-order valence-electron chi connectivity index (χ2n) is 3.85. The van der Waals surface area contributed by atoms with Gasteiger partial charge in [0.1, 0.15) is 0 Å². The first-order chi connectivity index (χ1) is 7.52. The molecule has 18 heavy (non-hydrogen) atoms. The molecular weight excluding hydrogens is 314 g/mol. The van der Waals surface area contributed by atoms with Crippen molar-refractivity contribution >= 4 is 48.0 Å². The molecule has 2 unspecified atom stereocenters. The van der Waals surface area contributed by atoms with Gasteiger partial charge in [-0.3, -0.25) is 0 Å². The molecule has 1 aliphatic rings. The fraction of sp³-hybridized carbons (Fsp3) is 0.167. The Morgan fingerprint density at radius 1 is 1.22 bits per heavy atom. The Hall–Kier alpha value is -0.380. The summed E-state index contributed by atoms with van der Waals surface area (Å²) in [5.74, 6) is 0. The minimum absolute atomic E-state index is 0. The maximum absolute atomic E-state index is 6.28. The summed E-state index contributed by atoms with van der Waals surface area (Å²) in [6.45, 7) is 0. The van der Waals surface area contributed by atoms with E-state index >= 15 is 0 Å². The van der Waals surface area contributed by atoms with Gasteiger partial charge in [-0.25, -0.2) is 0 Å². The molecule has 100 valence electrons. The number of alkyl halides is 1. The summed E-state index contributed by atoms with van der Waals surface area (Å²) in [4.78, 5) is 0. The first-order valence-corrected chi connectivity index (χ1v) is 5.69. The Balaban J connectivity index is 0.00000144. The second kappa shape index (κ2) is 6.69. The van der Waals surface area contributed by atoms with Crippen LogP contribution in [0.1, 0.15) is 5.56 Å². The lowest BCUT2D eigenvalue weighted by atomic mass is 9.84. The van der Waals surface area contributed by atoms with E-state index in [1.165, 1.54) is 0 Å². The van der Waals surface area contributed by atoms with E-state index in [1.54, 1.807) is 18.2 Å². The van der Waals surface area contributed by atoms with E-state index in [4.69, 9.17) is 34.7 Å². The van der Waals surface area contributed by atoms with Gasteiger partial charge in [-0.15, -0.1) is 36.4 Å². The Labute approximate surface area is 129 Å². The zero-order valence-electron chi connectivity index (χ0n) is 9.35. The molecule has 0 fully saturated rings. The van der Waals surface area contributed by atoms with Crippen molar-refractivity contribution in [2.75, 3.05) is 0 Å². The average molecular weight is 328 g/mol. The van der Waals surface area contributed by atoms with Crippen LogP contribution in [0.25, 0.3) is 0 Å².